The topological polar surface area (TPSA) is 61.2 Å². The molecule has 1 aliphatic carbocycles. The lowest BCUT2D eigenvalue weighted by atomic mass is 9.97. The van der Waals surface area contributed by atoms with E-state index in [1.807, 2.05) is 20.8 Å². The SMILES string of the molecule is CCC(C(=O)OC(C)C)n1c(C)nc2sc3c(c2c1=O)CCCC3. The normalized spacial score (nSPS) is 15.5. The standard InChI is InChI=1S/C18H24N2O3S/c1-5-13(18(22)23-10(2)3)20-11(4)19-16-15(17(20)21)12-8-6-7-9-14(12)24-16/h10,13H,5-9H2,1-4H3. The number of carbonyl (C=O) groups is 1. The van der Waals surface area contributed by atoms with Gasteiger partial charge in [-0.15, -0.1) is 11.3 Å². The summed E-state index contributed by atoms with van der Waals surface area (Å²) in [4.78, 5) is 32.4. The van der Waals surface area contributed by atoms with Crippen LogP contribution in [0.15, 0.2) is 4.79 Å². The average Bonchev–Trinajstić information content (AvgIpc) is 2.88. The first kappa shape index (κ1) is 17.1. The molecule has 0 saturated heterocycles. The lowest BCUT2D eigenvalue weighted by Gasteiger charge is -2.20. The van der Waals surface area contributed by atoms with E-state index in [9.17, 15) is 9.59 Å². The van der Waals surface area contributed by atoms with Gasteiger partial charge < -0.3 is 4.74 Å². The van der Waals surface area contributed by atoms with E-state index in [-0.39, 0.29) is 17.6 Å². The molecule has 130 valence electrons. The van der Waals surface area contributed by atoms with Crippen molar-refractivity contribution in [3.63, 3.8) is 0 Å². The lowest BCUT2D eigenvalue weighted by molar-refractivity contribution is -0.151. The van der Waals surface area contributed by atoms with E-state index >= 15 is 0 Å². The largest absolute Gasteiger partial charge is 0.461 e. The number of esters is 1. The van der Waals surface area contributed by atoms with Crippen molar-refractivity contribution in [3.8, 4) is 0 Å². The zero-order valence-corrected chi connectivity index (χ0v) is 15.5. The van der Waals surface area contributed by atoms with E-state index in [1.54, 1.807) is 18.3 Å². The van der Waals surface area contributed by atoms with Gasteiger partial charge in [0.2, 0.25) is 0 Å². The minimum absolute atomic E-state index is 0.0931. The fourth-order valence-corrected chi connectivity index (χ4v) is 4.75. The highest BCUT2D eigenvalue weighted by Gasteiger charge is 2.27. The van der Waals surface area contributed by atoms with Gasteiger partial charge in [0.1, 0.15) is 16.7 Å². The van der Waals surface area contributed by atoms with Gasteiger partial charge >= 0.3 is 5.97 Å². The van der Waals surface area contributed by atoms with E-state index in [0.29, 0.717) is 12.2 Å². The van der Waals surface area contributed by atoms with Crippen LogP contribution >= 0.6 is 11.3 Å². The Hall–Kier alpha value is -1.69. The fraction of sp³-hybridized carbons (Fsp3) is 0.611. The van der Waals surface area contributed by atoms with Gasteiger partial charge in [-0.25, -0.2) is 9.78 Å². The fourth-order valence-electron chi connectivity index (χ4n) is 3.45. The summed E-state index contributed by atoms with van der Waals surface area (Å²) in [6.07, 6.45) is 4.55. The Balaban J connectivity index is 2.17. The molecule has 2 aromatic heterocycles. The smallest absolute Gasteiger partial charge is 0.329 e. The molecule has 0 bridgehead atoms. The summed E-state index contributed by atoms with van der Waals surface area (Å²) in [6.45, 7) is 7.32. The van der Waals surface area contributed by atoms with E-state index in [0.717, 1.165) is 35.0 Å². The number of hydrogen-bond acceptors (Lipinski definition) is 5. The quantitative estimate of drug-likeness (QED) is 0.793. The molecular weight excluding hydrogens is 324 g/mol. The van der Waals surface area contributed by atoms with Crippen LogP contribution in [0.3, 0.4) is 0 Å². The molecule has 0 spiro atoms. The Morgan fingerprint density at radius 2 is 2.04 bits per heavy atom. The van der Waals surface area contributed by atoms with Crippen LogP contribution in [0.4, 0.5) is 0 Å². The van der Waals surface area contributed by atoms with Gasteiger partial charge in [-0.2, -0.15) is 0 Å². The van der Waals surface area contributed by atoms with Crippen LogP contribution in [0, 0.1) is 6.92 Å². The van der Waals surface area contributed by atoms with E-state index in [1.165, 1.54) is 15.9 Å². The second kappa shape index (κ2) is 6.67. The maximum Gasteiger partial charge on any atom is 0.329 e. The number of carbonyl (C=O) groups excluding carboxylic acids is 1. The van der Waals surface area contributed by atoms with Gasteiger partial charge in [-0.1, -0.05) is 6.92 Å². The number of hydrogen-bond donors (Lipinski definition) is 0. The number of aryl methyl sites for hydroxylation is 3. The first-order chi connectivity index (χ1) is 11.4. The van der Waals surface area contributed by atoms with Gasteiger partial charge in [0.05, 0.1) is 11.5 Å². The number of aromatic nitrogens is 2. The molecule has 1 atom stereocenters. The van der Waals surface area contributed by atoms with Gasteiger partial charge in [0.15, 0.2) is 0 Å². The third kappa shape index (κ3) is 2.88. The maximum atomic E-state index is 13.2. The minimum atomic E-state index is -0.615. The molecule has 0 aliphatic heterocycles. The van der Waals surface area contributed by atoms with Crippen LogP contribution in [-0.2, 0) is 22.4 Å². The van der Waals surface area contributed by atoms with Gasteiger partial charge in [-0.05, 0) is 58.4 Å². The molecule has 0 N–H and O–H groups in total. The maximum absolute atomic E-state index is 13.2. The molecule has 2 aromatic rings. The molecule has 1 unspecified atom stereocenters. The van der Waals surface area contributed by atoms with Crippen LogP contribution in [0.1, 0.15) is 62.3 Å². The van der Waals surface area contributed by atoms with Crippen LogP contribution in [-0.4, -0.2) is 21.6 Å². The summed E-state index contributed by atoms with van der Waals surface area (Å²) in [5, 5.41) is 0.719. The third-order valence-electron chi connectivity index (χ3n) is 4.52. The van der Waals surface area contributed by atoms with Crippen LogP contribution < -0.4 is 5.56 Å². The van der Waals surface area contributed by atoms with E-state index in [4.69, 9.17) is 4.74 Å². The van der Waals surface area contributed by atoms with Crippen molar-refractivity contribution in [1.29, 1.82) is 0 Å². The number of ether oxygens (including phenoxy) is 1. The highest BCUT2D eigenvalue weighted by atomic mass is 32.1. The van der Waals surface area contributed by atoms with Crippen molar-refractivity contribution >= 4 is 27.5 Å². The summed E-state index contributed by atoms with van der Waals surface area (Å²) < 4.78 is 6.89. The van der Waals surface area contributed by atoms with Crippen LogP contribution in [0.2, 0.25) is 0 Å². The molecule has 0 fully saturated rings. The minimum Gasteiger partial charge on any atom is -0.461 e. The van der Waals surface area contributed by atoms with Crippen molar-refractivity contribution in [2.45, 2.75) is 71.9 Å². The Bertz CT molecular complexity index is 835. The van der Waals surface area contributed by atoms with Crippen molar-refractivity contribution in [3.05, 3.63) is 26.6 Å². The molecular formula is C18H24N2O3S. The molecule has 5 nitrogen and oxygen atoms in total. The van der Waals surface area contributed by atoms with Crippen molar-refractivity contribution in [1.82, 2.24) is 9.55 Å². The average molecular weight is 348 g/mol. The second-order valence-electron chi connectivity index (χ2n) is 6.63. The van der Waals surface area contributed by atoms with Gasteiger partial charge in [0, 0.05) is 4.88 Å². The van der Waals surface area contributed by atoms with Crippen molar-refractivity contribution < 1.29 is 9.53 Å². The van der Waals surface area contributed by atoms with Crippen LogP contribution in [0.5, 0.6) is 0 Å². The Kier molecular flexibility index (Phi) is 4.76. The molecule has 3 rings (SSSR count). The molecule has 0 radical (unpaired) electrons. The predicted molar refractivity (Wildman–Crippen MR) is 95.8 cm³/mol. The molecule has 6 heteroatoms. The number of thiophene rings is 1. The highest BCUT2D eigenvalue weighted by molar-refractivity contribution is 7.18. The summed E-state index contributed by atoms with van der Waals surface area (Å²) in [7, 11) is 0. The van der Waals surface area contributed by atoms with E-state index in [2.05, 4.69) is 4.98 Å². The summed E-state index contributed by atoms with van der Waals surface area (Å²) in [5.41, 5.74) is 1.06. The molecule has 0 amide bonds. The zero-order chi connectivity index (χ0) is 17.4. The monoisotopic (exact) mass is 348 g/mol. The lowest BCUT2D eigenvalue weighted by Crippen LogP contribution is -2.34. The van der Waals surface area contributed by atoms with Crippen molar-refractivity contribution in [2.75, 3.05) is 0 Å². The summed E-state index contributed by atoms with van der Waals surface area (Å²) in [5.74, 6) is 0.224. The van der Waals surface area contributed by atoms with Gasteiger partial charge in [-0.3, -0.25) is 9.36 Å². The highest BCUT2D eigenvalue weighted by Crippen LogP contribution is 2.34. The first-order valence-corrected chi connectivity index (χ1v) is 9.49. The Labute approximate surface area is 145 Å². The summed E-state index contributed by atoms with van der Waals surface area (Å²) >= 11 is 1.63. The molecule has 0 saturated carbocycles. The van der Waals surface area contributed by atoms with Gasteiger partial charge in [0.25, 0.3) is 5.56 Å². The number of fused-ring (bicyclic) bond motifs is 3. The Morgan fingerprint density at radius 1 is 1.33 bits per heavy atom. The first-order valence-electron chi connectivity index (χ1n) is 8.67. The molecule has 1 aliphatic rings. The predicted octanol–water partition coefficient (Wildman–Crippen LogP) is 3.55. The molecule has 0 aromatic carbocycles. The Morgan fingerprint density at radius 3 is 2.71 bits per heavy atom. The molecule has 2 heterocycles. The molecule has 24 heavy (non-hydrogen) atoms. The van der Waals surface area contributed by atoms with Crippen LogP contribution in [0.25, 0.3) is 10.2 Å². The number of rotatable bonds is 4. The van der Waals surface area contributed by atoms with E-state index < -0.39 is 6.04 Å². The third-order valence-corrected chi connectivity index (χ3v) is 5.71. The number of nitrogens with zero attached hydrogens (tertiary/aromatic N) is 2. The van der Waals surface area contributed by atoms with Crippen molar-refractivity contribution in [2.24, 2.45) is 0 Å². The zero-order valence-electron chi connectivity index (χ0n) is 14.7. The second-order valence-corrected chi connectivity index (χ2v) is 7.72. The summed E-state index contributed by atoms with van der Waals surface area (Å²) in [6, 6.07) is -0.615.